The Hall–Kier alpha value is -2.99. The Morgan fingerprint density at radius 3 is 2.39 bits per heavy atom. The van der Waals surface area contributed by atoms with E-state index in [1.165, 1.54) is 0 Å². The Morgan fingerprint density at radius 1 is 1.00 bits per heavy atom. The molecular weight excluding hydrogens is 388 g/mol. The Balaban J connectivity index is 1.60. The van der Waals surface area contributed by atoms with E-state index in [0.29, 0.717) is 32.6 Å². The van der Waals surface area contributed by atoms with Crippen molar-refractivity contribution in [2.45, 2.75) is 33.3 Å². The summed E-state index contributed by atoms with van der Waals surface area (Å²) in [5, 5.41) is 11.2. The topological polar surface area (TPSA) is 69.6 Å². The van der Waals surface area contributed by atoms with Gasteiger partial charge in [0.15, 0.2) is 5.82 Å². The minimum absolute atomic E-state index is 0.165. The zero-order chi connectivity index (χ0) is 22.0. The van der Waals surface area contributed by atoms with Gasteiger partial charge in [0.1, 0.15) is 11.9 Å². The molecule has 1 saturated heterocycles. The van der Waals surface area contributed by atoms with Gasteiger partial charge in [-0.25, -0.2) is 9.97 Å². The van der Waals surface area contributed by atoms with Crippen LogP contribution in [0.3, 0.4) is 0 Å². The second-order valence-electron chi connectivity index (χ2n) is 8.66. The zero-order valence-corrected chi connectivity index (χ0v) is 18.5. The quantitative estimate of drug-likeness (QED) is 0.685. The van der Waals surface area contributed by atoms with Gasteiger partial charge in [-0.05, 0) is 37.0 Å². The molecule has 1 aliphatic heterocycles. The summed E-state index contributed by atoms with van der Waals surface area (Å²) in [6.45, 7) is 8.60. The first-order valence-electron chi connectivity index (χ1n) is 11.0. The number of aliphatic hydroxyl groups excluding tert-OH is 1. The molecule has 1 aliphatic rings. The second kappa shape index (κ2) is 9.02. The number of fused-ring (bicyclic) bond motifs is 1. The van der Waals surface area contributed by atoms with E-state index in [-0.39, 0.29) is 11.8 Å². The van der Waals surface area contributed by atoms with Gasteiger partial charge in [-0.3, -0.25) is 4.79 Å². The predicted molar refractivity (Wildman–Crippen MR) is 124 cm³/mol. The molecule has 0 radical (unpaired) electrons. The van der Waals surface area contributed by atoms with E-state index in [1.807, 2.05) is 44.2 Å². The number of aromatic nitrogens is 2. The fourth-order valence-electron chi connectivity index (χ4n) is 4.14. The molecule has 6 nitrogen and oxygen atoms in total. The summed E-state index contributed by atoms with van der Waals surface area (Å²) in [7, 11) is 0. The largest absolute Gasteiger partial charge is 0.383 e. The lowest BCUT2D eigenvalue weighted by molar-refractivity contribution is -0.141. The van der Waals surface area contributed by atoms with Gasteiger partial charge in [0.2, 0.25) is 0 Å². The maximum Gasteiger partial charge on any atom is 0.251 e. The molecule has 1 unspecified atom stereocenters. The fraction of sp³-hybridized carbons (Fsp3) is 0.400. The molecule has 1 amide bonds. The van der Waals surface area contributed by atoms with E-state index in [4.69, 9.17) is 9.97 Å². The molecule has 2 heterocycles. The summed E-state index contributed by atoms with van der Waals surface area (Å²) in [5.74, 6) is 1.74. The highest BCUT2D eigenvalue weighted by atomic mass is 16.3. The number of carbonyl (C=O) groups excluding carboxylic acids is 1. The molecule has 1 atom stereocenters. The van der Waals surface area contributed by atoms with E-state index >= 15 is 0 Å². The van der Waals surface area contributed by atoms with Crippen molar-refractivity contribution in [1.29, 1.82) is 0 Å². The first kappa shape index (κ1) is 21.2. The van der Waals surface area contributed by atoms with E-state index in [1.54, 1.807) is 4.90 Å². The molecule has 31 heavy (non-hydrogen) atoms. The molecule has 162 valence electrons. The number of rotatable bonds is 5. The Labute approximate surface area is 183 Å². The van der Waals surface area contributed by atoms with Crippen LogP contribution in [0, 0.1) is 12.8 Å². The van der Waals surface area contributed by atoms with Crippen molar-refractivity contribution >= 4 is 22.6 Å². The highest BCUT2D eigenvalue weighted by molar-refractivity contribution is 5.91. The van der Waals surface area contributed by atoms with Crippen LogP contribution in [-0.2, 0) is 4.79 Å². The SMILES string of the molecule is Cc1ccccc1-c1nc(N2CCN(C(=O)C(O)CC(C)C)CC2)c2ccccc2n1. The molecule has 3 aromatic rings. The number of para-hydroxylation sites is 1. The average Bonchev–Trinajstić information content (AvgIpc) is 2.78. The van der Waals surface area contributed by atoms with Crippen LogP contribution in [0.2, 0.25) is 0 Å². The molecular formula is C25H30N4O2. The molecule has 1 fully saturated rings. The van der Waals surface area contributed by atoms with Crippen LogP contribution in [0.15, 0.2) is 48.5 Å². The van der Waals surface area contributed by atoms with Crippen LogP contribution in [0.4, 0.5) is 5.82 Å². The predicted octanol–water partition coefficient (Wildman–Crippen LogP) is 3.66. The maximum atomic E-state index is 12.6. The number of aryl methyl sites for hydroxylation is 1. The number of anilines is 1. The van der Waals surface area contributed by atoms with Crippen LogP contribution < -0.4 is 4.90 Å². The van der Waals surface area contributed by atoms with Crippen LogP contribution in [-0.4, -0.2) is 58.2 Å². The first-order chi connectivity index (χ1) is 14.9. The van der Waals surface area contributed by atoms with Crippen LogP contribution in [0.5, 0.6) is 0 Å². The van der Waals surface area contributed by atoms with Crippen molar-refractivity contribution in [1.82, 2.24) is 14.9 Å². The van der Waals surface area contributed by atoms with Gasteiger partial charge in [-0.1, -0.05) is 50.2 Å². The van der Waals surface area contributed by atoms with Crippen LogP contribution in [0.1, 0.15) is 25.8 Å². The van der Waals surface area contributed by atoms with Crippen molar-refractivity contribution in [3.05, 3.63) is 54.1 Å². The van der Waals surface area contributed by atoms with Crippen molar-refractivity contribution < 1.29 is 9.90 Å². The number of nitrogens with zero attached hydrogens (tertiary/aromatic N) is 4. The number of benzene rings is 2. The standard InChI is InChI=1S/C25H30N4O2/c1-17(2)16-22(30)25(31)29-14-12-28(13-15-29)24-20-10-6-7-11-21(20)26-23(27-24)19-9-5-4-8-18(19)3/h4-11,17,22,30H,12-16H2,1-3H3. The lowest BCUT2D eigenvalue weighted by Gasteiger charge is -2.37. The van der Waals surface area contributed by atoms with Crippen molar-refractivity contribution in [2.24, 2.45) is 5.92 Å². The summed E-state index contributed by atoms with van der Waals surface area (Å²) in [6, 6.07) is 16.2. The third-order valence-electron chi connectivity index (χ3n) is 5.84. The first-order valence-corrected chi connectivity index (χ1v) is 11.0. The summed E-state index contributed by atoms with van der Waals surface area (Å²) >= 11 is 0. The summed E-state index contributed by atoms with van der Waals surface area (Å²) in [4.78, 5) is 26.4. The normalized spacial score (nSPS) is 15.5. The number of carbonyl (C=O) groups is 1. The Morgan fingerprint density at radius 2 is 1.68 bits per heavy atom. The van der Waals surface area contributed by atoms with Crippen LogP contribution in [0.25, 0.3) is 22.3 Å². The zero-order valence-electron chi connectivity index (χ0n) is 18.5. The van der Waals surface area contributed by atoms with Gasteiger partial charge in [0, 0.05) is 37.1 Å². The third kappa shape index (κ3) is 4.54. The third-order valence-corrected chi connectivity index (χ3v) is 5.84. The van der Waals surface area contributed by atoms with Crippen molar-refractivity contribution in [3.63, 3.8) is 0 Å². The summed E-state index contributed by atoms with van der Waals surface area (Å²) in [5.41, 5.74) is 3.08. The maximum absolute atomic E-state index is 12.6. The van der Waals surface area contributed by atoms with E-state index < -0.39 is 6.10 Å². The van der Waals surface area contributed by atoms with Gasteiger partial charge >= 0.3 is 0 Å². The van der Waals surface area contributed by atoms with E-state index in [2.05, 4.69) is 30.0 Å². The van der Waals surface area contributed by atoms with E-state index in [9.17, 15) is 9.90 Å². The van der Waals surface area contributed by atoms with Gasteiger partial charge in [0.25, 0.3) is 5.91 Å². The Bertz CT molecular complexity index is 1070. The minimum atomic E-state index is -0.918. The molecule has 6 heteroatoms. The molecule has 0 saturated carbocycles. The molecule has 0 aliphatic carbocycles. The number of piperazine rings is 1. The molecule has 1 N–H and O–H groups in total. The molecule has 2 aromatic carbocycles. The lowest BCUT2D eigenvalue weighted by Crippen LogP contribution is -2.52. The van der Waals surface area contributed by atoms with Gasteiger partial charge in [0.05, 0.1) is 5.52 Å². The lowest BCUT2D eigenvalue weighted by atomic mass is 10.0. The number of amides is 1. The van der Waals surface area contributed by atoms with Crippen LogP contribution >= 0.6 is 0 Å². The molecule has 0 spiro atoms. The molecule has 1 aromatic heterocycles. The monoisotopic (exact) mass is 418 g/mol. The molecule has 4 rings (SSSR count). The average molecular weight is 419 g/mol. The van der Waals surface area contributed by atoms with Gasteiger partial charge < -0.3 is 14.9 Å². The highest BCUT2D eigenvalue weighted by Gasteiger charge is 2.28. The van der Waals surface area contributed by atoms with Crippen molar-refractivity contribution in [3.8, 4) is 11.4 Å². The Kier molecular flexibility index (Phi) is 6.18. The second-order valence-corrected chi connectivity index (χ2v) is 8.66. The smallest absolute Gasteiger partial charge is 0.251 e. The van der Waals surface area contributed by atoms with Crippen molar-refractivity contribution in [2.75, 3.05) is 31.1 Å². The highest BCUT2D eigenvalue weighted by Crippen LogP contribution is 2.29. The fourth-order valence-corrected chi connectivity index (χ4v) is 4.14. The number of aliphatic hydroxyl groups is 1. The molecule has 0 bridgehead atoms. The number of hydrogen-bond donors (Lipinski definition) is 1. The van der Waals surface area contributed by atoms with Gasteiger partial charge in [-0.2, -0.15) is 0 Å². The number of hydrogen-bond acceptors (Lipinski definition) is 5. The van der Waals surface area contributed by atoms with E-state index in [0.717, 1.165) is 33.7 Å². The summed E-state index contributed by atoms with van der Waals surface area (Å²) in [6.07, 6.45) is -0.422. The minimum Gasteiger partial charge on any atom is -0.383 e. The van der Waals surface area contributed by atoms with Gasteiger partial charge in [-0.15, -0.1) is 0 Å². The summed E-state index contributed by atoms with van der Waals surface area (Å²) < 4.78 is 0.